The van der Waals surface area contributed by atoms with Crippen molar-refractivity contribution in [2.24, 2.45) is 0 Å². The van der Waals surface area contributed by atoms with E-state index in [2.05, 4.69) is 0 Å². The molecule has 1 unspecified atom stereocenters. The summed E-state index contributed by atoms with van der Waals surface area (Å²) in [6.45, 7) is 1.03. The summed E-state index contributed by atoms with van der Waals surface area (Å²) in [5, 5.41) is 10.8. The molecule has 0 spiro atoms. The average Bonchev–Trinajstić information content (AvgIpc) is 3.29. The number of ketones is 1. The predicted octanol–water partition coefficient (Wildman–Crippen LogP) is 2.80. The molecule has 154 valence electrons. The van der Waals surface area contributed by atoms with Gasteiger partial charge in [-0.1, -0.05) is 0 Å². The zero-order valence-electron chi connectivity index (χ0n) is 16.5. The second kappa shape index (κ2) is 8.48. The van der Waals surface area contributed by atoms with E-state index in [0.29, 0.717) is 18.7 Å². The number of halogens is 1. The van der Waals surface area contributed by atoms with E-state index < -0.39 is 29.3 Å². The Labute approximate surface area is 168 Å². The third kappa shape index (κ3) is 4.02. The van der Waals surface area contributed by atoms with Crippen molar-refractivity contribution in [1.29, 1.82) is 0 Å². The molecular formula is C21H23FN2O5. The molecule has 1 aliphatic heterocycles. The van der Waals surface area contributed by atoms with Crippen LogP contribution in [-0.4, -0.2) is 60.9 Å². The van der Waals surface area contributed by atoms with Gasteiger partial charge in [0.05, 0.1) is 18.9 Å². The fourth-order valence-corrected chi connectivity index (χ4v) is 3.38. The lowest BCUT2D eigenvalue weighted by Crippen LogP contribution is -2.32. The van der Waals surface area contributed by atoms with Crippen LogP contribution in [0.5, 0.6) is 5.75 Å². The molecule has 2 heterocycles. The van der Waals surface area contributed by atoms with Gasteiger partial charge in [0.15, 0.2) is 11.6 Å². The molecule has 0 radical (unpaired) electrons. The number of aliphatic hydroxyl groups is 1. The van der Waals surface area contributed by atoms with Crippen LogP contribution in [-0.2, 0) is 9.59 Å². The third-order valence-electron chi connectivity index (χ3n) is 4.78. The first-order valence-corrected chi connectivity index (χ1v) is 9.15. The van der Waals surface area contributed by atoms with Crippen LogP contribution in [0.2, 0.25) is 0 Å². The lowest BCUT2D eigenvalue weighted by atomic mass is 9.99. The number of nitrogens with zero attached hydrogens (tertiary/aromatic N) is 2. The molecule has 1 fully saturated rings. The minimum absolute atomic E-state index is 0.00766. The van der Waals surface area contributed by atoms with Crippen LogP contribution in [0.25, 0.3) is 5.76 Å². The summed E-state index contributed by atoms with van der Waals surface area (Å²) in [7, 11) is 5.15. The highest BCUT2D eigenvalue weighted by Gasteiger charge is 2.47. The molecule has 1 atom stereocenters. The van der Waals surface area contributed by atoms with E-state index in [1.54, 1.807) is 12.1 Å². The number of methoxy groups -OCH3 is 1. The van der Waals surface area contributed by atoms with Crippen molar-refractivity contribution >= 4 is 17.4 Å². The minimum atomic E-state index is -0.877. The first kappa shape index (κ1) is 20.6. The number of Topliss-reactive ketones (excluding diaryl/α,β-unsaturated/α-hetero) is 1. The van der Waals surface area contributed by atoms with E-state index in [1.807, 2.05) is 19.0 Å². The van der Waals surface area contributed by atoms with Crippen molar-refractivity contribution < 1.29 is 28.2 Å². The zero-order chi connectivity index (χ0) is 21.1. The first-order chi connectivity index (χ1) is 13.8. The molecule has 0 aliphatic carbocycles. The molecule has 1 amide bonds. The van der Waals surface area contributed by atoms with E-state index in [-0.39, 0.29) is 16.9 Å². The van der Waals surface area contributed by atoms with Crippen molar-refractivity contribution in [2.45, 2.75) is 12.5 Å². The van der Waals surface area contributed by atoms with Gasteiger partial charge in [-0.15, -0.1) is 0 Å². The molecule has 0 saturated carbocycles. The Balaban J connectivity index is 2.05. The Kier molecular flexibility index (Phi) is 6.03. The highest BCUT2D eigenvalue weighted by Crippen LogP contribution is 2.40. The van der Waals surface area contributed by atoms with Gasteiger partial charge in [-0.05, 0) is 57.4 Å². The Bertz CT molecular complexity index is 937. The van der Waals surface area contributed by atoms with Crippen molar-refractivity contribution in [1.82, 2.24) is 9.80 Å². The van der Waals surface area contributed by atoms with Crippen LogP contribution in [0.1, 0.15) is 23.8 Å². The maximum atomic E-state index is 14.1. The highest BCUT2D eigenvalue weighted by molar-refractivity contribution is 6.46. The van der Waals surface area contributed by atoms with Crippen molar-refractivity contribution in [3.63, 3.8) is 0 Å². The molecule has 7 nitrogen and oxygen atoms in total. The fourth-order valence-electron chi connectivity index (χ4n) is 3.38. The number of likely N-dealkylation sites (tertiary alicyclic amines) is 1. The summed E-state index contributed by atoms with van der Waals surface area (Å²) in [4.78, 5) is 28.8. The van der Waals surface area contributed by atoms with E-state index in [9.17, 15) is 19.1 Å². The summed E-state index contributed by atoms with van der Waals surface area (Å²) in [6.07, 6.45) is 2.07. The summed E-state index contributed by atoms with van der Waals surface area (Å²) in [5.74, 6) is -2.34. The van der Waals surface area contributed by atoms with Gasteiger partial charge in [-0.2, -0.15) is 0 Å². The molecule has 29 heavy (non-hydrogen) atoms. The largest absolute Gasteiger partial charge is 0.507 e. The number of amides is 1. The topological polar surface area (TPSA) is 83.2 Å². The van der Waals surface area contributed by atoms with E-state index >= 15 is 0 Å². The summed E-state index contributed by atoms with van der Waals surface area (Å²) < 4.78 is 24.5. The maximum Gasteiger partial charge on any atom is 0.295 e. The van der Waals surface area contributed by atoms with Crippen LogP contribution in [0.3, 0.4) is 0 Å². The monoisotopic (exact) mass is 402 g/mol. The van der Waals surface area contributed by atoms with Gasteiger partial charge in [-0.25, -0.2) is 4.39 Å². The smallest absolute Gasteiger partial charge is 0.295 e. The molecule has 3 rings (SSSR count). The van der Waals surface area contributed by atoms with E-state index in [1.165, 1.54) is 30.4 Å². The number of rotatable bonds is 7. The molecule has 8 heteroatoms. The molecule has 1 saturated heterocycles. The Hall–Kier alpha value is -3.13. The van der Waals surface area contributed by atoms with Crippen molar-refractivity contribution in [2.75, 3.05) is 34.3 Å². The molecule has 2 aromatic rings. The first-order valence-electron chi connectivity index (χ1n) is 9.15. The van der Waals surface area contributed by atoms with Gasteiger partial charge in [0.25, 0.3) is 11.7 Å². The Morgan fingerprint density at radius 2 is 2.07 bits per heavy atom. The van der Waals surface area contributed by atoms with Crippen LogP contribution in [0.4, 0.5) is 4.39 Å². The number of furan rings is 1. The number of hydrogen-bond acceptors (Lipinski definition) is 6. The lowest BCUT2D eigenvalue weighted by molar-refractivity contribution is -0.140. The van der Waals surface area contributed by atoms with Gasteiger partial charge in [0.1, 0.15) is 17.6 Å². The molecular weight excluding hydrogens is 379 g/mol. The quantitative estimate of drug-likeness (QED) is 0.436. The van der Waals surface area contributed by atoms with Crippen LogP contribution in [0, 0.1) is 5.82 Å². The maximum absolute atomic E-state index is 14.1. The number of carbonyl (C=O) groups excluding carboxylic acids is 2. The summed E-state index contributed by atoms with van der Waals surface area (Å²) in [6, 6.07) is 6.24. The van der Waals surface area contributed by atoms with Crippen molar-refractivity contribution in [3.8, 4) is 5.75 Å². The summed E-state index contributed by atoms with van der Waals surface area (Å²) >= 11 is 0. The molecule has 1 aromatic heterocycles. The predicted molar refractivity (Wildman–Crippen MR) is 104 cm³/mol. The fraction of sp³-hybridized carbons (Fsp3) is 0.333. The van der Waals surface area contributed by atoms with Gasteiger partial charge in [0.2, 0.25) is 0 Å². The molecule has 0 bridgehead atoms. The second-order valence-electron chi connectivity index (χ2n) is 7.01. The standard InChI is InChI=1S/C21H23FN2O5/c1-23(2)9-5-10-24-18(16-6-4-11-29-16)17(20(26)21(24)27)19(25)13-7-8-15(28-3)14(22)12-13/h4,6-8,11-12,18,25H,5,9-10H2,1-3H3. The minimum Gasteiger partial charge on any atom is -0.507 e. The molecule has 1 aromatic carbocycles. The number of aliphatic hydroxyl groups excluding tert-OH is 1. The van der Waals surface area contributed by atoms with Crippen LogP contribution in [0.15, 0.2) is 46.6 Å². The lowest BCUT2D eigenvalue weighted by Gasteiger charge is -2.24. The van der Waals surface area contributed by atoms with Gasteiger partial charge in [0, 0.05) is 12.1 Å². The molecule has 1 aliphatic rings. The number of hydrogen-bond donors (Lipinski definition) is 1. The normalized spacial score (nSPS) is 18.7. The second-order valence-corrected chi connectivity index (χ2v) is 7.01. The van der Waals surface area contributed by atoms with E-state index in [4.69, 9.17) is 9.15 Å². The van der Waals surface area contributed by atoms with Crippen LogP contribution >= 0.6 is 0 Å². The SMILES string of the molecule is COc1ccc(C(O)=C2C(=O)C(=O)N(CCCN(C)C)C2c2ccco2)cc1F. The number of ether oxygens (including phenoxy) is 1. The molecule has 1 N–H and O–H groups in total. The average molecular weight is 402 g/mol. The third-order valence-corrected chi connectivity index (χ3v) is 4.78. The van der Waals surface area contributed by atoms with Gasteiger partial charge in [-0.3, -0.25) is 9.59 Å². The number of benzene rings is 1. The highest BCUT2D eigenvalue weighted by atomic mass is 19.1. The Morgan fingerprint density at radius 3 is 2.66 bits per heavy atom. The Morgan fingerprint density at radius 1 is 1.31 bits per heavy atom. The van der Waals surface area contributed by atoms with E-state index in [0.717, 1.165) is 12.6 Å². The van der Waals surface area contributed by atoms with Crippen molar-refractivity contribution in [3.05, 3.63) is 59.3 Å². The summed E-state index contributed by atoms with van der Waals surface area (Å²) in [5.41, 5.74) is -0.0504. The zero-order valence-corrected chi connectivity index (χ0v) is 16.5. The van der Waals surface area contributed by atoms with Crippen LogP contribution < -0.4 is 4.74 Å². The van der Waals surface area contributed by atoms with Gasteiger partial charge >= 0.3 is 0 Å². The van der Waals surface area contributed by atoms with Gasteiger partial charge < -0.3 is 24.1 Å². The number of carbonyl (C=O) groups is 2.